The zero-order valence-corrected chi connectivity index (χ0v) is 9.69. The summed E-state index contributed by atoms with van der Waals surface area (Å²) in [5.74, 6) is -0.226. The Balaban J connectivity index is 2.30. The van der Waals surface area contributed by atoms with Crippen LogP contribution in [0.5, 0.6) is 0 Å². The van der Waals surface area contributed by atoms with Gasteiger partial charge in [-0.1, -0.05) is 18.2 Å². The molecule has 0 aliphatic carbocycles. The molecule has 2 rings (SSSR count). The molecule has 0 spiro atoms. The molecule has 1 aliphatic heterocycles. The first-order valence-electron chi connectivity index (χ1n) is 5.74. The molecule has 1 N–H and O–H groups in total. The van der Waals surface area contributed by atoms with Crippen LogP contribution in [0.25, 0.3) is 0 Å². The number of ether oxygens (including phenoxy) is 1. The van der Waals surface area contributed by atoms with Crippen LogP contribution in [-0.4, -0.2) is 18.6 Å². The Morgan fingerprint density at radius 2 is 2.25 bits per heavy atom. The van der Waals surface area contributed by atoms with E-state index in [1.807, 2.05) is 31.2 Å². The van der Waals surface area contributed by atoms with Crippen LogP contribution < -0.4 is 5.32 Å². The molecule has 0 radical (unpaired) electrons. The van der Waals surface area contributed by atoms with E-state index in [2.05, 4.69) is 12.2 Å². The topological polar surface area (TPSA) is 38.3 Å². The minimum absolute atomic E-state index is 0.108. The van der Waals surface area contributed by atoms with E-state index in [9.17, 15) is 4.79 Å². The number of carbonyl (C=O) groups excluding carboxylic acids is 1. The van der Waals surface area contributed by atoms with Gasteiger partial charge in [0.05, 0.1) is 12.5 Å². The molecule has 0 fully saturated rings. The summed E-state index contributed by atoms with van der Waals surface area (Å²) in [5, 5.41) is 3.38. The van der Waals surface area contributed by atoms with E-state index < -0.39 is 0 Å². The van der Waals surface area contributed by atoms with Gasteiger partial charge in [-0.25, -0.2) is 0 Å². The highest BCUT2D eigenvalue weighted by atomic mass is 16.5. The normalized spacial score (nSPS) is 23.1. The monoisotopic (exact) mass is 219 g/mol. The van der Waals surface area contributed by atoms with Gasteiger partial charge < -0.3 is 10.1 Å². The summed E-state index contributed by atoms with van der Waals surface area (Å²) in [5.41, 5.74) is 2.11. The largest absolute Gasteiger partial charge is 0.466 e. The van der Waals surface area contributed by atoms with Crippen LogP contribution in [0.15, 0.2) is 24.3 Å². The van der Waals surface area contributed by atoms with E-state index in [-0.39, 0.29) is 11.9 Å². The van der Waals surface area contributed by atoms with Crippen molar-refractivity contribution >= 4 is 11.7 Å². The lowest BCUT2D eigenvalue weighted by Crippen LogP contribution is -2.30. The number of esters is 1. The highest BCUT2D eigenvalue weighted by Crippen LogP contribution is 2.34. The maximum absolute atomic E-state index is 11.9. The first-order chi connectivity index (χ1) is 7.72. The molecule has 16 heavy (non-hydrogen) atoms. The summed E-state index contributed by atoms with van der Waals surface area (Å²) in [6.45, 7) is 4.37. The van der Waals surface area contributed by atoms with Crippen molar-refractivity contribution in [1.29, 1.82) is 0 Å². The fourth-order valence-corrected chi connectivity index (χ4v) is 2.20. The van der Waals surface area contributed by atoms with E-state index in [4.69, 9.17) is 4.74 Å². The molecular formula is C13H17NO2. The number of para-hydroxylation sites is 1. The number of anilines is 1. The first-order valence-corrected chi connectivity index (χ1v) is 5.74. The lowest BCUT2D eigenvalue weighted by atomic mass is 9.87. The molecule has 1 aliphatic rings. The summed E-state index contributed by atoms with van der Waals surface area (Å²) in [4.78, 5) is 11.9. The zero-order chi connectivity index (χ0) is 11.5. The third-order valence-corrected chi connectivity index (χ3v) is 2.90. The van der Waals surface area contributed by atoms with Crippen LogP contribution in [0.3, 0.4) is 0 Å². The number of rotatable bonds is 2. The summed E-state index contributed by atoms with van der Waals surface area (Å²) in [7, 11) is 0. The Kier molecular flexibility index (Phi) is 3.13. The Morgan fingerprint density at radius 3 is 3.00 bits per heavy atom. The average Bonchev–Trinajstić information content (AvgIpc) is 2.28. The van der Waals surface area contributed by atoms with Crippen molar-refractivity contribution in [2.75, 3.05) is 11.9 Å². The third kappa shape index (κ3) is 2.03. The SMILES string of the molecule is CCOC(=O)C1CC(C)Nc2ccccc21. The maximum Gasteiger partial charge on any atom is 0.313 e. The number of carbonyl (C=O) groups is 1. The molecule has 1 aromatic rings. The van der Waals surface area contributed by atoms with Gasteiger partial charge in [0.25, 0.3) is 0 Å². The van der Waals surface area contributed by atoms with Gasteiger partial charge in [-0.2, -0.15) is 0 Å². The van der Waals surface area contributed by atoms with Gasteiger partial charge in [0, 0.05) is 11.7 Å². The molecule has 0 bridgehead atoms. The minimum Gasteiger partial charge on any atom is -0.466 e. The lowest BCUT2D eigenvalue weighted by Gasteiger charge is -2.29. The second-order valence-electron chi connectivity index (χ2n) is 4.17. The van der Waals surface area contributed by atoms with Crippen molar-refractivity contribution in [2.45, 2.75) is 32.2 Å². The first kappa shape index (κ1) is 11.0. The lowest BCUT2D eigenvalue weighted by molar-refractivity contribution is -0.145. The number of hydrogen-bond donors (Lipinski definition) is 1. The van der Waals surface area contributed by atoms with Crippen molar-refractivity contribution in [1.82, 2.24) is 0 Å². The minimum atomic E-state index is -0.118. The number of benzene rings is 1. The van der Waals surface area contributed by atoms with Gasteiger partial charge in [-0.15, -0.1) is 0 Å². The van der Waals surface area contributed by atoms with E-state index in [0.29, 0.717) is 12.6 Å². The summed E-state index contributed by atoms with van der Waals surface area (Å²) < 4.78 is 5.12. The highest BCUT2D eigenvalue weighted by molar-refractivity contribution is 5.81. The molecule has 0 saturated heterocycles. The molecule has 0 aromatic heterocycles. The Morgan fingerprint density at radius 1 is 1.50 bits per heavy atom. The van der Waals surface area contributed by atoms with Crippen molar-refractivity contribution in [2.24, 2.45) is 0 Å². The molecule has 2 unspecified atom stereocenters. The van der Waals surface area contributed by atoms with E-state index in [0.717, 1.165) is 17.7 Å². The molecule has 2 atom stereocenters. The molecular weight excluding hydrogens is 202 g/mol. The Bertz CT molecular complexity index is 389. The quantitative estimate of drug-likeness (QED) is 0.777. The molecule has 3 nitrogen and oxygen atoms in total. The number of nitrogens with one attached hydrogen (secondary N) is 1. The standard InChI is InChI=1S/C13H17NO2/c1-3-16-13(15)11-8-9(2)14-12-7-5-4-6-10(11)12/h4-7,9,11,14H,3,8H2,1-2H3. The predicted octanol–water partition coefficient (Wildman–Crippen LogP) is 2.54. The predicted molar refractivity (Wildman–Crippen MR) is 63.5 cm³/mol. The van der Waals surface area contributed by atoms with Crippen molar-refractivity contribution < 1.29 is 9.53 Å². The van der Waals surface area contributed by atoms with Crippen LogP contribution in [0.2, 0.25) is 0 Å². The van der Waals surface area contributed by atoms with Gasteiger partial charge in [0.1, 0.15) is 0 Å². The molecule has 0 amide bonds. The smallest absolute Gasteiger partial charge is 0.313 e. The maximum atomic E-state index is 11.9. The van der Waals surface area contributed by atoms with Crippen LogP contribution in [-0.2, 0) is 9.53 Å². The molecule has 1 aromatic carbocycles. The second kappa shape index (κ2) is 4.56. The van der Waals surface area contributed by atoms with Crippen LogP contribution in [0.1, 0.15) is 31.7 Å². The fraction of sp³-hybridized carbons (Fsp3) is 0.462. The van der Waals surface area contributed by atoms with Crippen molar-refractivity contribution in [3.63, 3.8) is 0 Å². The van der Waals surface area contributed by atoms with E-state index in [1.165, 1.54) is 0 Å². The van der Waals surface area contributed by atoms with E-state index in [1.54, 1.807) is 0 Å². The van der Waals surface area contributed by atoms with Crippen LogP contribution in [0, 0.1) is 0 Å². The summed E-state index contributed by atoms with van der Waals surface area (Å²) in [6, 6.07) is 8.26. The van der Waals surface area contributed by atoms with Gasteiger partial charge in [0.2, 0.25) is 0 Å². The van der Waals surface area contributed by atoms with Crippen LogP contribution in [0.4, 0.5) is 5.69 Å². The summed E-state index contributed by atoms with van der Waals surface area (Å²) >= 11 is 0. The van der Waals surface area contributed by atoms with Crippen molar-refractivity contribution in [3.05, 3.63) is 29.8 Å². The Hall–Kier alpha value is -1.51. The fourth-order valence-electron chi connectivity index (χ4n) is 2.20. The zero-order valence-electron chi connectivity index (χ0n) is 9.69. The molecule has 3 heteroatoms. The van der Waals surface area contributed by atoms with Gasteiger partial charge in [0.15, 0.2) is 0 Å². The van der Waals surface area contributed by atoms with E-state index >= 15 is 0 Å². The highest BCUT2D eigenvalue weighted by Gasteiger charge is 2.30. The van der Waals surface area contributed by atoms with Gasteiger partial charge >= 0.3 is 5.97 Å². The molecule has 1 heterocycles. The van der Waals surface area contributed by atoms with Crippen molar-refractivity contribution in [3.8, 4) is 0 Å². The molecule has 86 valence electrons. The Labute approximate surface area is 95.8 Å². The van der Waals surface area contributed by atoms with Gasteiger partial charge in [-0.3, -0.25) is 4.79 Å². The second-order valence-corrected chi connectivity index (χ2v) is 4.17. The van der Waals surface area contributed by atoms with Crippen LogP contribution >= 0.6 is 0 Å². The van der Waals surface area contributed by atoms with Gasteiger partial charge in [-0.05, 0) is 31.9 Å². The third-order valence-electron chi connectivity index (χ3n) is 2.90. The molecule has 0 saturated carbocycles. The summed E-state index contributed by atoms with van der Waals surface area (Å²) in [6.07, 6.45) is 0.801. The average molecular weight is 219 g/mol. The number of fused-ring (bicyclic) bond motifs is 1. The number of hydrogen-bond acceptors (Lipinski definition) is 3.